The molecule has 3 rings (SSSR count). The predicted molar refractivity (Wildman–Crippen MR) is 88.9 cm³/mol. The van der Waals surface area contributed by atoms with Gasteiger partial charge in [-0.25, -0.2) is 13.8 Å². The van der Waals surface area contributed by atoms with Crippen LogP contribution >= 0.6 is 0 Å². The van der Waals surface area contributed by atoms with Crippen LogP contribution in [0.5, 0.6) is 0 Å². The highest BCUT2D eigenvalue weighted by Gasteiger charge is 2.18. The maximum Gasteiger partial charge on any atom is 0.142 e. The van der Waals surface area contributed by atoms with Crippen LogP contribution in [0.25, 0.3) is 22.4 Å². The summed E-state index contributed by atoms with van der Waals surface area (Å²) in [5, 5.41) is 9.44. The molecule has 0 unspecified atom stereocenters. The fourth-order valence-electron chi connectivity index (χ4n) is 2.67. The van der Waals surface area contributed by atoms with Crippen LogP contribution in [0.15, 0.2) is 48.5 Å². The first-order valence-electron chi connectivity index (χ1n) is 7.23. The molecular weight excluding hydrogens is 308 g/mol. The van der Waals surface area contributed by atoms with E-state index in [-0.39, 0.29) is 23.0 Å². The second-order valence-electron chi connectivity index (χ2n) is 5.35. The Morgan fingerprint density at radius 3 is 1.92 bits per heavy atom. The summed E-state index contributed by atoms with van der Waals surface area (Å²) in [5.41, 5.74) is 9.44. The van der Waals surface area contributed by atoms with E-state index in [1.807, 2.05) is 6.92 Å². The molecule has 0 amide bonds. The average molecular weight is 321 g/mol. The predicted octanol–water partition coefficient (Wildman–Crippen LogP) is 4.46. The Morgan fingerprint density at radius 2 is 1.42 bits per heavy atom. The topological polar surface area (TPSA) is 62.7 Å². The Morgan fingerprint density at radius 1 is 0.917 bits per heavy atom. The quantitative estimate of drug-likeness (QED) is 0.758. The van der Waals surface area contributed by atoms with E-state index in [0.29, 0.717) is 22.4 Å². The van der Waals surface area contributed by atoms with E-state index in [1.54, 1.807) is 24.3 Å². The zero-order valence-electron chi connectivity index (χ0n) is 12.8. The Hall–Kier alpha value is -3.26. The molecule has 24 heavy (non-hydrogen) atoms. The molecule has 3 nitrogen and oxygen atoms in total. The van der Waals surface area contributed by atoms with Crippen LogP contribution in [0, 0.1) is 29.9 Å². The summed E-state index contributed by atoms with van der Waals surface area (Å²) in [7, 11) is 0. The van der Waals surface area contributed by atoms with E-state index < -0.39 is 0 Å². The lowest BCUT2D eigenvalue weighted by molar-refractivity contribution is 0.627. The van der Waals surface area contributed by atoms with Crippen LogP contribution in [0.4, 0.5) is 14.6 Å². The van der Waals surface area contributed by atoms with Crippen molar-refractivity contribution < 1.29 is 8.78 Å². The third-order valence-corrected chi connectivity index (χ3v) is 3.83. The lowest BCUT2D eigenvalue weighted by Crippen LogP contribution is -2.03. The minimum atomic E-state index is -0.365. The van der Waals surface area contributed by atoms with E-state index >= 15 is 0 Å². The van der Waals surface area contributed by atoms with Gasteiger partial charge in [0, 0.05) is 11.1 Å². The van der Waals surface area contributed by atoms with Gasteiger partial charge in [0.15, 0.2) is 0 Å². The smallest absolute Gasteiger partial charge is 0.142 e. The van der Waals surface area contributed by atoms with Gasteiger partial charge in [-0.05, 0) is 54.4 Å². The Kier molecular flexibility index (Phi) is 3.97. The molecule has 2 N–H and O–H groups in total. The van der Waals surface area contributed by atoms with Gasteiger partial charge in [0.1, 0.15) is 29.1 Å². The highest BCUT2D eigenvalue weighted by Crippen LogP contribution is 2.35. The number of anilines is 1. The van der Waals surface area contributed by atoms with E-state index in [4.69, 9.17) is 5.73 Å². The SMILES string of the molecule is Cc1c(-c2ccc(F)cc2)nc(N)c(C#N)c1-c1ccc(F)cc1. The number of rotatable bonds is 2. The molecule has 0 aliphatic heterocycles. The molecule has 1 aromatic heterocycles. The highest BCUT2D eigenvalue weighted by atomic mass is 19.1. The van der Waals surface area contributed by atoms with Crippen molar-refractivity contribution in [3.05, 3.63) is 71.3 Å². The van der Waals surface area contributed by atoms with Crippen LogP contribution in [0.2, 0.25) is 0 Å². The fourth-order valence-corrected chi connectivity index (χ4v) is 2.67. The standard InChI is InChI=1S/C19H13F2N3/c1-11-17(12-2-6-14(20)7-3-12)16(10-22)19(23)24-18(11)13-4-8-15(21)9-5-13/h2-9H,1H3,(H2,23,24). The first-order valence-corrected chi connectivity index (χ1v) is 7.23. The zero-order valence-corrected chi connectivity index (χ0v) is 12.8. The van der Waals surface area contributed by atoms with Crippen LogP contribution in [-0.2, 0) is 0 Å². The number of nitrogen functional groups attached to an aromatic ring is 1. The summed E-state index contributed by atoms with van der Waals surface area (Å²) in [4.78, 5) is 4.31. The van der Waals surface area contributed by atoms with E-state index in [1.165, 1.54) is 24.3 Å². The van der Waals surface area contributed by atoms with Crippen LogP contribution in [0.1, 0.15) is 11.1 Å². The van der Waals surface area contributed by atoms with E-state index in [0.717, 1.165) is 5.56 Å². The zero-order chi connectivity index (χ0) is 17.3. The lowest BCUT2D eigenvalue weighted by atomic mass is 9.93. The Labute approximate surface area is 138 Å². The molecule has 0 radical (unpaired) electrons. The molecule has 118 valence electrons. The van der Waals surface area contributed by atoms with Crippen molar-refractivity contribution >= 4 is 5.82 Å². The number of benzene rings is 2. The summed E-state index contributed by atoms with van der Waals surface area (Å²) in [6, 6.07) is 13.8. The van der Waals surface area contributed by atoms with Crippen molar-refractivity contribution in [2.24, 2.45) is 0 Å². The van der Waals surface area contributed by atoms with E-state index in [2.05, 4.69) is 11.1 Å². The van der Waals surface area contributed by atoms with Crippen LogP contribution < -0.4 is 5.73 Å². The molecule has 0 saturated heterocycles. The monoisotopic (exact) mass is 321 g/mol. The molecule has 0 saturated carbocycles. The molecule has 3 aromatic rings. The third-order valence-electron chi connectivity index (χ3n) is 3.83. The van der Waals surface area contributed by atoms with Crippen LogP contribution in [-0.4, -0.2) is 4.98 Å². The summed E-state index contributed by atoms with van der Waals surface area (Å²) < 4.78 is 26.4. The van der Waals surface area contributed by atoms with Gasteiger partial charge in [-0.15, -0.1) is 0 Å². The highest BCUT2D eigenvalue weighted by molar-refractivity contribution is 5.84. The van der Waals surface area contributed by atoms with Crippen molar-refractivity contribution in [1.29, 1.82) is 5.26 Å². The maximum atomic E-state index is 13.2. The lowest BCUT2D eigenvalue weighted by Gasteiger charge is -2.15. The number of hydrogen-bond donors (Lipinski definition) is 1. The normalized spacial score (nSPS) is 10.4. The third kappa shape index (κ3) is 2.70. The van der Waals surface area contributed by atoms with Gasteiger partial charge in [-0.2, -0.15) is 5.26 Å². The number of nitrogens with zero attached hydrogens (tertiary/aromatic N) is 2. The number of nitriles is 1. The van der Waals surface area contributed by atoms with Crippen LogP contribution in [0.3, 0.4) is 0 Å². The number of hydrogen-bond acceptors (Lipinski definition) is 3. The minimum Gasteiger partial charge on any atom is -0.383 e. The second kappa shape index (κ2) is 6.09. The number of pyridine rings is 1. The van der Waals surface area contributed by atoms with Crippen molar-refractivity contribution in [1.82, 2.24) is 4.98 Å². The maximum absolute atomic E-state index is 13.2. The van der Waals surface area contributed by atoms with Crippen molar-refractivity contribution in [3.8, 4) is 28.5 Å². The molecule has 5 heteroatoms. The van der Waals surface area contributed by atoms with Gasteiger partial charge in [-0.1, -0.05) is 12.1 Å². The molecule has 0 atom stereocenters. The molecule has 0 bridgehead atoms. The van der Waals surface area contributed by atoms with Gasteiger partial charge in [0.25, 0.3) is 0 Å². The van der Waals surface area contributed by atoms with Gasteiger partial charge >= 0.3 is 0 Å². The number of nitrogens with two attached hydrogens (primary N) is 1. The summed E-state index contributed by atoms with van der Waals surface area (Å²) in [6.07, 6.45) is 0. The molecule has 1 heterocycles. The van der Waals surface area contributed by atoms with Crippen molar-refractivity contribution in [2.45, 2.75) is 6.92 Å². The fraction of sp³-hybridized carbons (Fsp3) is 0.0526. The van der Waals surface area contributed by atoms with Gasteiger partial charge in [-0.3, -0.25) is 0 Å². The Balaban J connectivity index is 2.29. The van der Waals surface area contributed by atoms with Gasteiger partial charge in [0.05, 0.1) is 5.69 Å². The molecule has 0 fully saturated rings. The average Bonchev–Trinajstić information content (AvgIpc) is 2.58. The Bertz CT molecular complexity index is 940. The first-order chi connectivity index (χ1) is 11.5. The number of aromatic nitrogens is 1. The molecule has 2 aromatic carbocycles. The van der Waals surface area contributed by atoms with Crippen molar-refractivity contribution in [3.63, 3.8) is 0 Å². The van der Waals surface area contributed by atoms with Gasteiger partial charge in [0.2, 0.25) is 0 Å². The molecular formula is C19H13F2N3. The van der Waals surface area contributed by atoms with E-state index in [9.17, 15) is 14.0 Å². The van der Waals surface area contributed by atoms with Gasteiger partial charge < -0.3 is 5.73 Å². The first kappa shape index (κ1) is 15.6. The largest absolute Gasteiger partial charge is 0.383 e. The van der Waals surface area contributed by atoms with Crippen molar-refractivity contribution in [2.75, 3.05) is 5.73 Å². The summed E-state index contributed by atoms with van der Waals surface area (Å²) in [5.74, 6) is -0.630. The molecule has 0 spiro atoms. The molecule has 0 aliphatic rings. The minimum absolute atomic E-state index is 0.0850. The summed E-state index contributed by atoms with van der Waals surface area (Å²) in [6.45, 7) is 1.81. The number of halogens is 2. The molecule has 0 aliphatic carbocycles. The summed E-state index contributed by atoms with van der Waals surface area (Å²) >= 11 is 0. The second-order valence-corrected chi connectivity index (χ2v) is 5.35.